The third-order valence-electron chi connectivity index (χ3n) is 5.51. The predicted octanol–water partition coefficient (Wildman–Crippen LogP) is 1.19. The summed E-state index contributed by atoms with van der Waals surface area (Å²) in [5.74, 6) is 2.54. The average molecular weight is 440 g/mol. The second-order valence-electron chi connectivity index (χ2n) is 7.67. The maximum absolute atomic E-state index is 12.5. The SMILES string of the molecule is CN=C(NCCS(=O)(=O)N1CCSCC1)NC1CC(C)N(Cc2ccccc2)C1. The number of nitrogens with zero attached hydrogens (tertiary/aromatic N) is 3. The minimum absolute atomic E-state index is 0.0968. The first-order chi connectivity index (χ1) is 14.0. The zero-order valence-corrected chi connectivity index (χ0v) is 19.0. The highest BCUT2D eigenvalue weighted by molar-refractivity contribution is 7.99. The van der Waals surface area contributed by atoms with E-state index in [2.05, 4.69) is 51.7 Å². The van der Waals surface area contributed by atoms with Crippen LogP contribution in [0.5, 0.6) is 0 Å². The van der Waals surface area contributed by atoms with E-state index >= 15 is 0 Å². The molecule has 1 aromatic rings. The van der Waals surface area contributed by atoms with Gasteiger partial charge in [0.1, 0.15) is 0 Å². The Morgan fingerprint density at radius 1 is 1.24 bits per heavy atom. The van der Waals surface area contributed by atoms with Crippen LogP contribution in [-0.2, 0) is 16.6 Å². The molecule has 2 aliphatic rings. The van der Waals surface area contributed by atoms with Crippen LogP contribution in [0, 0.1) is 0 Å². The molecule has 0 saturated carbocycles. The summed E-state index contributed by atoms with van der Waals surface area (Å²) >= 11 is 1.81. The molecular formula is C20H33N5O2S2. The van der Waals surface area contributed by atoms with E-state index in [9.17, 15) is 8.42 Å². The van der Waals surface area contributed by atoms with Gasteiger partial charge in [-0.25, -0.2) is 12.7 Å². The molecule has 9 heteroatoms. The van der Waals surface area contributed by atoms with Gasteiger partial charge in [0.05, 0.1) is 5.75 Å². The second kappa shape index (κ2) is 10.7. The van der Waals surface area contributed by atoms with Gasteiger partial charge in [0.2, 0.25) is 10.0 Å². The Morgan fingerprint density at radius 2 is 1.97 bits per heavy atom. The third-order valence-corrected chi connectivity index (χ3v) is 8.33. The molecule has 2 atom stereocenters. The fourth-order valence-electron chi connectivity index (χ4n) is 3.88. The van der Waals surface area contributed by atoms with Crippen molar-refractivity contribution in [3.05, 3.63) is 35.9 Å². The Balaban J connectivity index is 1.44. The summed E-state index contributed by atoms with van der Waals surface area (Å²) in [6.45, 7) is 5.75. The van der Waals surface area contributed by atoms with Crippen molar-refractivity contribution in [3.63, 3.8) is 0 Å². The molecule has 2 fully saturated rings. The smallest absolute Gasteiger partial charge is 0.215 e. The molecule has 0 spiro atoms. The molecule has 0 bridgehead atoms. The first-order valence-electron chi connectivity index (χ1n) is 10.3. The summed E-state index contributed by atoms with van der Waals surface area (Å²) in [6, 6.07) is 11.3. The third kappa shape index (κ3) is 6.60. The summed E-state index contributed by atoms with van der Waals surface area (Å²) in [5, 5.41) is 6.64. The molecular weight excluding hydrogens is 406 g/mol. The van der Waals surface area contributed by atoms with Gasteiger partial charge in [-0.2, -0.15) is 11.8 Å². The zero-order chi connectivity index (χ0) is 20.7. The standard InChI is InChI=1S/C20H33N5O2S2/c1-17-14-19(16-24(17)15-18-6-4-3-5-7-18)23-20(21-2)22-8-13-29(26,27)25-9-11-28-12-10-25/h3-7,17,19H,8-16H2,1-2H3,(H2,21,22,23). The molecule has 2 aliphatic heterocycles. The van der Waals surface area contributed by atoms with Crippen LogP contribution in [0.15, 0.2) is 35.3 Å². The lowest BCUT2D eigenvalue weighted by atomic mass is 10.2. The normalized spacial score (nSPS) is 24.6. The number of hydrogen-bond acceptors (Lipinski definition) is 5. The predicted molar refractivity (Wildman–Crippen MR) is 122 cm³/mol. The van der Waals surface area contributed by atoms with Crippen LogP contribution in [0.1, 0.15) is 18.9 Å². The molecule has 3 rings (SSSR count). The van der Waals surface area contributed by atoms with Crippen LogP contribution >= 0.6 is 11.8 Å². The van der Waals surface area contributed by atoms with Crippen molar-refractivity contribution in [1.29, 1.82) is 0 Å². The lowest BCUT2D eigenvalue weighted by Gasteiger charge is -2.26. The van der Waals surface area contributed by atoms with Crippen LogP contribution in [0.3, 0.4) is 0 Å². The average Bonchev–Trinajstić information content (AvgIpc) is 3.07. The van der Waals surface area contributed by atoms with Crippen molar-refractivity contribution in [3.8, 4) is 0 Å². The van der Waals surface area contributed by atoms with Crippen LogP contribution in [0.4, 0.5) is 0 Å². The number of sulfonamides is 1. The van der Waals surface area contributed by atoms with Crippen LogP contribution in [0.25, 0.3) is 0 Å². The molecule has 0 radical (unpaired) electrons. The summed E-state index contributed by atoms with van der Waals surface area (Å²) in [6.07, 6.45) is 1.04. The number of thioether (sulfide) groups is 1. The van der Waals surface area contributed by atoms with E-state index in [1.54, 1.807) is 11.4 Å². The van der Waals surface area contributed by atoms with E-state index in [4.69, 9.17) is 0 Å². The number of guanidine groups is 1. The summed E-state index contributed by atoms with van der Waals surface area (Å²) in [5.41, 5.74) is 1.32. The molecule has 7 nitrogen and oxygen atoms in total. The van der Waals surface area contributed by atoms with E-state index in [0.29, 0.717) is 37.7 Å². The minimum atomic E-state index is -3.20. The highest BCUT2D eigenvalue weighted by atomic mass is 32.2. The first kappa shape index (κ1) is 22.4. The maximum Gasteiger partial charge on any atom is 0.215 e. The van der Waals surface area contributed by atoms with Gasteiger partial charge < -0.3 is 10.6 Å². The van der Waals surface area contributed by atoms with Gasteiger partial charge >= 0.3 is 0 Å². The second-order valence-corrected chi connectivity index (χ2v) is 11.0. The molecule has 2 heterocycles. The molecule has 0 aliphatic carbocycles. The minimum Gasteiger partial charge on any atom is -0.355 e. The summed E-state index contributed by atoms with van der Waals surface area (Å²) in [4.78, 5) is 6.75. The molecule has 0 amide bonds. The molecule has 29 heavy (non-hydrogen) atoms. The Hall–Kier alpha value is -1.29. The van der Waals surface area contributed by atoms with Crippen molar-refractivity contribution in [2.75, 3.05) is 50.5 Å². The van der Waals surface area contributed by atoms with Gasteiger partial charge in [0.25, 0.3) is 0 Å². The lowest BCUT2D eigenvalue weighted by Crippen LogP contribution is -2.47. The highest BCUT2D eigenvalue weighted by Gasteiger charge is 2.29. The van der Waals surface area contributed by atoms with Crippen molar-refractivity contribution in [2.24, 2.45) is 4.99 Å². The molecule has 2 unspecified atom stereocenters. The Bertz CT molecular complexity index is 766. The molecule has 2 saturated heterocycles. The van der Waals surface area contributed by atoms with Gasteiger partial charge in [-0.05, 0) is 18.9 Å². The van der Waals surface area contributed by atoms with E-state index in [-0.39, 0.29) is 5.75 Å². The number of likely N-dealkylation sites (tertiary alicyclic amines) is 1. The largest absolute Gasteiger partial charge is 0.355 e. The van der Waals surface area contributed by atoms with Crippen LogP contribution < -0.4 is 10.6 Å². The van der Waals surface area contributed by atoms with Gasteiger partial charge in [-0.1, -0.05) is 30.3 Å². The topological polar surface area (TPSA) is 77.0 Å². The fourth-order valence-corrected chi connectivity index (χ4v) is 6.37. The van der Waals surface area contributed by atoms with Crippen molar-refractivity contribution >= 4 is 27.7 Å². The molecule has 0 aromatic heterocycles. The summed E-state index contributed by atoms with van der Waals surface area (Å²) < 4.78 is 26.6. The number of rotatable bonds is 7. The molecule has 1 aromatic carbocycles. The number of hydrogen-bond donors (Lipinski definition) is 2. The van der Waals surface area contributed by atoms with Crippen LogP contribution in [-0.4, -0.2) is 86.2 Å². The van der Waals surface area contributed by atoms with Gasteiger partial charge in [-0.15, -0.1) is 0 Å². The monoisotopic (exact) mass is 439 g/mol. The quantitative estimate of drug-likeness (QED) is 0.491. The van der Waals surface area contributed by atoms with E-state index in [0.717, 1.165) is 31.0 Å². The van der Waals surface area contributed by atoms with Gasteiger partial charge in [-0.3, -0.25) is 9.89 Å². The lowest BCUT2D eigenvalue weighted by molar-refractivity contribution is 0.258. The number of aliphatic imine (C=N–C) groups is 1. The van der Waals surface area contributed by atoms with Gasteiger partial charge in [0.15, 0.2) is 5.96 Å². The first-order valence-corrected chi connectivity index (χ1v) is 13.0. The van der Waals surface area contributed by atoms with E-state index in [1.165, 1.54) is 5.56 Å². The molecule has 162 valence electrons. The fraction of sp³-hybridized carbons (Fsp3) is 0.650. The Kier molecular flexibility index (Phi) is 8.23. The van der Waals surface area contributed by atoms with Crippen molar-refractivity contribution in [1.82, 2.24) is 19.8 Å². The number of nitrogens with one attached hydrogen (secondary N) is 2. The highest BCUT2D eigenvalue weighted by Crippen LogP contribution is 2.20. The van der Waals surface area contributed by atoms with Crippen molar-refractivity contribution in [2.45, 2.75) is 32.0 Å². The van der Waals surface area contributed by atoms with E-state index in [1.807, 2.05) is 17.8 Å². The Morgan fingerprint density at radius 3 is 2.66 bits per heavy atom. The molecule has 2 N–H and O–H groups in total. The summed E-state index contributed by atoms with van der Waals surface area (Å²) in [7, 11) is -1.47. The maximum atomic E-state index is 12.5. The zero-order valence-electron chi connectivity index (χ0n) is 17.4. The number of benzene rings is 1. The Labute approximate surface area is 179 Å². The van der Waals surface area contributed by atoms with Crippen molar-refractivity contribution < 1.29 is 8.42 Å². The van der Waals surface area contributed by atoms with Gasteiger partial charge in [0, 0.05) is 63.4 Å². The van der Waals surface area contributed by atoms with Crippen LogP contribution in [0.2, 0.25) is 0 Å². The van der Waals surface area contributed by atoms with E-state index < -0.39 is 10.0 Å².